The monoisotopic (exact) mass is 478 g/mol. The summed E-state index contributed by atoms with van der Waals surface area (Å²) < 4.78 is 16.4. The number of benzene rings is 2. The molecule has 6 heteroatoms. The van der Waals surface area contributed by atoms with Gasteiger partial charge in [-0.3, -0.25) is 0 Å². The first-order chi connectivity index (χ1) is 16.8. The van der Waals surface area contributed by atoms with Crippen molar-refractivity contribution in [2.75, 3.05) is 19.8 Å². The molecular weight excluding hydrogens is 444 g/mol. The van der Waals surface area contributed by atoms with E-state index in [2.05, 4.69) is 26.1 Å². The van der Waals surface area contributed by atoms with Crippen molar-refractivity contribution in [1.29, 1.82) is 0 Å². The van der Waals surface area contributed by atoms with Gasteiger partial charge in [-0.25, -0.2) is 9.59 Å². The van der Waals surface area contributed by atoms with Crippen molar-refractivity contribution >= 4 is 11.9 Å². The Morgan fingerprint density at radius 1 is 1.00 bits per heavy atom. The molecule has 0 aromatic heterocycles. The van der Waals surface area contributed by atoms with Crippen molar-refractivity contribution in [2.24, 2.45) is 5.92 Å². The maximum Gasteiger partial charge on any atom is 0.338 e. The molecule has 1 saturated carbocycles. The summed E-state index contributed by atoms with van der Waals surface area (Å²) in [6.07, 6.45) is 4.69. The van der Waals surface area contributed by atoms with Gasteiger partial charge in [0, 0.05) is 5.57 Å². The Hall–Kier alpha value is -3.38. The molecule has 2 aromatic carbocycles. The zero-order valence-electron chi connectivity index (χ0n) is 20.5. The number of rotatable bonds is 12. The minimum absolute atomic E-state index is 0.0203. The van der Waals surface area contributed by atoms with Crippen LogP contribution in [-0.4, -0.2) is 36.9 Å². The highest BCUT2D eigenvalue weighted by molar-refractivity contribution is 5.89. The molecule has 1 aliphatic rings. The van der Waals surface area contributed by atoms with Gasteiger partial charge in [0.25, 0.3) is 0 Å². The Bertz CT molecular complexity index is 1060. The third kappa shape index (κ3) is 7.06. The Labute approximate surface area is 207 Å². The molecule has 6 nitrogen and oxygen atoms in total. The van der Waals surface area contributed by atoms with E-state index < -0.39 is 18.5 Å². The molecule has 0 amide bonds. The predicted molar refractivity (Wildman–Crippen MR) is 135 cm³/mol. The van der Waals surface area contributed by atoms with Crippen molar-refractivity contribution in [3.63, 3.8) is 0 Å². The van der Waals surface area contributed by atoms with Gasteiger partial charge in [-0.05, 0) is 72.6 Å². The van der Waals surface area contributed by atoms with Crippen LogP contribution in [0.3, 0.4) is 0 Å². The van der Waals surface area contributed by atoms with E-state index in [1.165, 1.54) is 12.8 Å². The second kappa shape index (κ2) is 12.4. The minimum Gasteiger partial charge on any atom is -0.490 e. The molecule has 186 valence electrons. The van der Waals surface area contributed by atoms with Gasteiger partial charge in [-0.1, -0.05) is 51.1 Å². The van der Waals surface area contributed by atoms with Crippen LogP contribution in [0.2, 0.25) is 0 Å². The lowest BCUT2D eigenvalue weighted by molar-refractivity contribution is -0.140. The van der Waals surface area contributed by atoms with Crippen LogP contribution < -0.4 is 9.47 Å². The van der Waals surface area contributed by atoms with Crippen LogP contribution in [0.15, 0.2) is 66.8 Å². The van der Waals surface area contributed by atoms with Gasteiger partial charge in [-0.2, -0.15) is 0 Å². The number of ether oxygens (including phenoxy) is 3. The Morgan fingerprint density at radius 3 is 2.31 bits per heavy atom. The van der Waals surface area contributed by atoms with Gasteiger partial charge in [0.1, 0.15) is 24.7 Å². The van der Waals surface area contributed by atoms with Crippen LogP contribution in [0, 0.1) is 5.92 Å². The number of carbonyl (C=O) groups is 2. The van der Waals surface area contributed by atoms with Gasteiger partial charge in [0.2, 0.25) is 0 Å². The molecule has 35 heavy (non-hydrogen) atoms. The largest absolute Gasteiger partial charge is 0.490 e. The lowest BCUT2D eigenvalue weighted by Crippen LogP contribution is -2.22. The number of hydrogen-bond acceptors (Lipinski definition) is 6. The van der Waals surface area contributed by atoms with Crippen LogP contribution >= 0.6 is 0 Å². The average Bonchev–Trinajstić information content (AvgIpc) is 2.83. The topological polar surface area (TPSA) is 82.1 Å². The standard InChI is InChI=1S/C29H34O6/c1-5-6-21-15-24(16-21)26-17-23(22-7-10-25(11-8-22)35-28(31)19(2)3)9-12-27(26)33-13-14-34-29(32)20(4)18-30/h7-12,17,21,24,30H,2,4-6,13-16,18H2,1,3H3. The van der Waals surface area contributed by atoms with Crippen LogP contribution in [0.5, 0.6) is 11.5 Å². The SMILES string of the molecule is C=C(C)C(=O)Oc1ccc(-c2ccc(OCCOC(=O)C(=C)CO)c(C3CC(CCC)C3)c2)cc1. The Morgan fingerprint density at radius 2 is 1.69 bits per heavy atom. The quantitative estimate of drug-likeness (QED) is 0.185. The fourth-order valence-electron chi connectivity index (χ4n) is 4.17. The average molecular weight is 479 g/mol. The van der Waals surface area contributed by atoms with E-state index in [9.17, 15) is 9.59 Å². The molecule has 0 unspecified atom stereocenters. The van der Waals surface area contributed by atoms with Crippen LogP contribution in [-0.2, 0) is 14.3 Å². The highest BCUT2D eigenvalue weighted by Gasteiger charge is 2.31. The zero-order chi connectivity index (χ0) is 25.4. The highest BCUT2D eigenvalue weighted by Crippen LogP contribution is 2.47. The first kappa shape index (κ1) is 26.2. The second-order valence-corrected chi connectivity index (χ2v) is 9.02. The van der Waals surface area contributed by atoms with Crippen molar-refractivity contribution < 1.29 is 28.9 Å². The number of esters is 2. The molecule has 0 heterocycles. The molecule has 2 aromatic rings. The first-order valence-corrected chi connectivity index (χ1v) is 12.0. The fourth-order valence-corrected chi connectivity index (χ4v) is 4.17. The van der Waals surface area contributed by atoms with E-state index in [4.69, 9.17) is 19.3 Å². The number of hydrogen-bond donors (Lipinski definition) is 1. The molecule has 0 spiro atoms. The first-order valence-electron chi connectivity index (χ1n) is 12.0. The van der Waals surface area contributed by atoms with E-state index in [1.54, 1.807) is 19.1 Å². The van der Waals surface area contributed by atoms with Crippen molar-refractivity contribution in [1.82, 2.24) is 0 Å². The maximum absolute atomic E-state index is 11.8. The Kier molecular flexibility index (Phi) is 9.26. The van der Waals surface area contributed by atoms with E-state index in [1.807, 2.05) is 24.3 Å². The lowest BCUT2D eigenvalue weighted by atomic mass is 9.69. The molecule has 1 fully saturated rings. The highest BCUT2D eigenvalue weighted by atomic mass is 16.6. The van der Waals surface area contributed by atoms with Gasteiger partial charge in [0.15, 0.2) is 0 Å². The van der Waals surface area contributed by atoms with Gasteiger partial charge < -0.3 is 19.3 Å². The van der Waals surface area contributed by atoms with E-state index in [-0.39, 0.29) is 18.8 Å². The number of aliphatic hydroxyl groups excluding tert-OH is 1. The van der Waals surface area contributed by atoms with Crippen LogP contribution in [0.1, 0.15) is 51.0 Å². The molecule has 1 N–H and O–H groups in total. The molecule has 0 radical (unpaired) electrons. The summed E-state index contributed by atoms with van der Waals surface area (Å²) in [5.74, 6) is 1.37. The third-order valence-electron chi connectivity index (χ3n) is 6.18. The van der Waals surface area contributed by atoms with Crippen molar-refractivity contribution in [2.45, 2.75) is 45.4 Å². The molecule has 1 aliphatic carbocycles. The molecule has 0 saturated heterocycles. The summed E-state index contributed by atoms with van der Waals surface area (Å²) in [4.78, 5) is 23.4. The summed E-state index contributed by atoms with van der Waals surface area (Å²) in [7, 11) is 0. The third-order valence-corrected chi connectivity index (χ3v) is 6.18. The summed E-state index contributed by atoms with van der Waals surface area (Å²) >= 11 is 0. The van der Waals surface area contributed by atoms with Crippen molar-refractivity contribution in [3.05, 3.63) is 72.3 Å². The van der Waals surface area contributed by atoms with Gasteiger partial charge >= 0.3 is 11.9 Å². The maximum atomic E-state index is 11.8. The molecule has 3 rings (SSSR count). The molecule has 0 atom stereocenters. The molecule has 0 aliphatic heterocycles. The Balaban J connectivity index is 1.72. The summed E-state index contributed by atoms with van der Waals surface area (Å²) in [6, 6.07) is 13.5. The van der Waals surface area contributed by atoms with E-state index in [0.29, 0.717) is 17.2 Å². The molecular formula is C29H34O6. The van der Waals surface area contributed by atoms with Crippen molar-refractivity contribution in [3.8, 4) is 22.6 Å². The summed E-state index contributed by atoms with van der Waals surface area (Å²) in [5, 5.41) is 8.97. The minimum atomic E-state index is -0.620. The van der Waals surface area contributed by atoms with Crippen LogP contribution in [0.4, 0.5) is 0 Å². The molecule has 0 bridgehead atoms. The van der Waals surface area contributed by atoms with E-state index >= 15 is 0 Å². The summed E-state index contributed by atoms with van der Waals surface area (Å²) in [5.41, 5.74) is 3.58. The number of aliphatic hydroxyl groups is 1. The van der Waals surface area contributed by atoms with Crippen LogP contribution in [0.25, 0.3) is 11.1 Å². The second-order valence-electron chi connectivity index (χ2n) is 9.02. The van der Waals surface area contributed by atoms with E-state index in [0.717, 1.165) is 41.2 Å². The number of carbonyl (C=O) groups excluding carboxylic acids is 2. The normalized spacial score (nSPS) is 16.7. The summed E-state index contributed by atoms with van der Waals surface area (Å²) in [6.45, 7) is 10.8. The van der Waals surface area contributed by atoms with Gasteiger partial charge in [0.05, 0.1) is 12.2 Å². The predicted octanol–water partition coefficient (Wildman–Crippen LogP) is 5.60. The zero-order valence-corrected chi connectivity index (χ0v) is 20.5. The smallest absolute Gasteiger partial charge is 0.338 e. The fraction of sp³-hybridized carbons (Fsp3) is 0.379. The lowest BCUT2D eigenvalue weighted by Gasteiger charge is -2.36. The van der Waals surface area contributed by atoms with Gasteiger partial charge in [-0.15, -0.1) is 0 Å².